The van der Waals surface area contributed by atoms with Crippen LogP contribution in [0.5, 0.6) is 11.5 Å². The van der Waals surface area contributed by atoms with Gasteiger partial charge in [-0.3, -0.25) is 9.69 Å². The molecule has 0 bridgehead atoms. The number of likely N-dealkylation sites (N-methyl/N-ethyl adjacent to an activating group) is 1. The third kappa shape index (κ3) is 7.62. The molecule has 3 aliphatic heterocycles. The minimum atomic E-state index is -0.810. The summed E-state index contributed by atoms with van der Waals surface area (Å²) < 4.78 is 31.2. The second kappa shape index (κ2) is 15.0. The van der Waals surface area contributed by atoms with Crippen LogP contribution in [0.25, 0.3) is 11.1 Å². The molecule has 0 radical (unpaired) electrons. The third-order valence-corrected chi connectivity index (χ3v) is 11.8. The number of morpholine rings is 1. The number of aryl methyl sites for hydroxylation is 1. The zero-order valence-electron chi connectivity index (χ0n) is 31.0. The molecular formula is C39H53N5O6S. The molecule has 3 fully saturated rings. The highest BCUT2D eigenvalue weighted by Gasteiger charge is 2.48. The van der Waals surface area contributed by atoms with Crippen LogP contribution in [0.15, 0.2) is 40.2 Å². The molecule has 1 aliphatic carbocycles. The lowest BCUT2D eigenvalue weighted by Gasteiger charge is -2.40. The van der Waals surface area contributed by atoms with Gasteiger partial charge in [-0.1, -0.05) is 0 Å². The molecule has 4 aliphatic rings. The van der Waals surface area contributed by atoms with E-state index in [1.807, 2.05) is 25.4 Å². The Balaban J connectivity index is 1.16. The van der Waals surface area contributed by atoms with Gasteiger partial charge in [-0.25, -0.2) is 4.98 Å². The van der Waals surface area contributed by atoms with E-state index in [0.717, 1.165) is 95.6 Å². The SMILES string of the molecule is CSc1cc(C)[nH]c(=O)c1CNc1cc(-c2ccc(N3CC(C)OC(C)C3)nc2)c2c(c1C)OC(C)(C1CCC(N(C)CC3OCCO3)CC1)O2. The second-order valence-electron chi connectivity index (χ2n) is 14.8. The Kier molecular flexibility index (Phi) is 10.6. The number of hydrogen-bond donors (Lipinski definition) is 2. The van der Waals surface area contributed by atoms with Gasteiger partial charge in [0.15, 0.2) is 17.8 Å². The molecule has 2 saturated heterocycles. The van der Waals surface area contributed by atoms with Crippen LogP contribution in [-0.2, 0) is 20.8 Å². The molecule has 3 atom stereocenters. The number of nitrogens with one attached hydrogen (secondary N) is 2. The lowest BCUT2D eigenvalue weighted by atomic mass is 9.81. The number of rotatable bonds is 10. The second-order valence-corrected chi connectivity index (χ2v) is 15.7. The van der Waals surface area contributed by atoms with Crippen molar-refractivity contribution in [3.05, 3.63) is 57.6 Å². The quantitative estimate of drug-likeness (QED) is 0.229. The number of nitrogens with zero attached hydrogens (tertiary/aromatic N) is 3. The standard InChI is InChI=1S/C39H53N5O6S/c1-23-16-33(51-7)31(38(45)42-23)19-40-32-17-30(27-8-13-34(41-18-27)44-20-24(2)48-25(3)21-44)37-36(26(32)4)49-39(5,50-37)28-9-11-29(12-10-28)43(6)22-35-46-14-15-47-35/h8,13,16-18,24-25,28-29,35,40H,9-12,14-15,19-22H2,1-7H3,(H,42,45). The van der Waals surface area contributed by atoms with Gasteiger partial charge < -0.3 is 38.9 Å². The van der Waals surface area contributed by atoms with Crippen LogP contribution in [-0.4, -0.2) is 91.3 Å². The Morgan fingerprint density at radius 3 is 2.41 bits per heavy atom. The predicted molar refractivity (Wildman–Crippen MR) is 201 cm³/mol. The summed E-state index contributed by atoms with van der Waals surface area (Å²) in [5.74, 6) is 1.83. The fourth-order valence-electron chi connectivity index (χ4n) is 8.20. The Morgan fingerprint density at radius 2 is 1.75 bits per heavy atom. The van der Waals surface area contributed by atoms with E-state index in [1.165, 1.54) is 0 Å². The van der Waals surface area contributed by atoms with Gasteiger partial charge in [0.05, 0.1) is 25.4 Å². The zero-order chi connectivity index (χ0) is 35.9. The highest BCUT2D eigenvalue weighted by Crippen LogP contribution is 2.54. The van der Waals surface area contributed by atoms with Gasteiger partial charge in [-0.05, 0) is 90.9 Å². The molecule has 0 spiro atoms. The number of fused-ring (bicyclic) bond motifs is 1. The lowest BCUT2D eigenvalue weighted by molar-refractivity contribution is -0.126. The molecule has 11 nitrogen and oxygen atoms in total. The molecular weight excluding hydrogens is 667 g/mol. The summed E-state index contributed by atoms with van der Waals surface area (Å²) in [4.78, 5) is 26.6. The van der Waals surface area contributed by atoms with Crippen molar-refractivity contribution >= 4 is 23.3 Å². The predicted octanol–water partition coefficient (Wildman–Crippen LogP) is 6.35. The van der Waals surface area contributed by atoms with Gasteiger partial charge in [0.2, 0.25) is 0 Å². The van der Waals surface area contributed by atoms with Gasteiger partial charge in [0.25, 0.3) is 11.3 Å². The van der Waals surface area contributed by atoms with Crippen LogP contribution in [0.1, 0.15) is 63.3 Å². The number of aromatic nitrogens is 2. The number of anilines is 2. The molecule has 1 aromatic carbocycles. The summed E-state index contributed by atoms with van der Waals surface area (Å²) in [6.07, 6.45) is 8.18. The third-order valence-electron chi connectivity index (χ3n) is 11.0. The average Bonchev–Trinajstić information content (AvgIpc) is 3.76. The smallest absolute Gasteiger partial charge is 0.254 e. The van der Waals surface area contributed by atoms with E-state index in [2.05, 4.69) is 73.0 Å². The van der Waals surface area contributed by atoms with Crippen molar-refractivity contribution in [3.63, 3.8) is 0 Å². The molecule has 3 aromatic rings. The number of H-pyrrole nitrogens is 1. The Labute approximate surface area is 305 Å². The van der Waals surface area contributed by atoms with Crippen molar-refractivity contribution in [1.29, 1.82) is 0 Å². The summed E-state index contributed by atoms with van der Waals surface area (Å²) in [6.45, 7) is 14.4. The molecule has 51 heavy (non-hydrogen) atoms. The Morgan fingerprint density at radius 1 is 1.04 bits per heavy atom. The maximum absolute atomic E-state index is 13.0. The van der Waals surface area contributed by atoms with E-state index in [-0.39, 0.29) is 30.0 Å². The first kappa shape index (κ1) is 36.1. The summed E-state index contributed by atoms with van der Waals surface area (Å²) in [6, 6.07) is 8.82. The van der Waals surface area contributed by atoms with Gasteiger partial charge in [0.1, 0.15) is 5.82 Å². The summed E-state index contributed by atoms with van der Waals surface area (Å²) >= 11 is 1.58. The molecule has 0 amide bonds. The number of aromatic amines is 1. The van der Waals surface area contributed by atoms with E-state index >= 15 is 0 Å². The molecule has 5 heterocycles. The van der Waals surface area contributed by atoms with E-state index < -0.39 is 5.79 Å². The normalized spacial score (nSPS) is 26.6. The fraction of sp³-hybridized carbons (Fsp3) is 0.590. The topological polar surface area (TPSA) is 110 Å². The number of ether oxygens (including phenoxy) is 5. The molecule has 12 heteroatoms. The van der Waals surface area contributed by atoms with Crippen molar-refractivity contribution in [2.75, 3.05) is 56.4 Å². The minimum Gasteiger partial charge on any atom is -0.448 e. The fourth-order valence-corrected chi connectivity index (χ4v) is 8.91. The van der Waals surface area contributed by atoms with Gasteiger partial charge in [0, 0.05) is 89.8 Å². The van der Waals surface area contributed by atoms with Crippen LogP contribution in [0.4, 0.5) is 11.5 Å². The zero-order valence-corrected chi connectivity index (χ0v) is 31.9. The monoisotopic (exact) mass is 719 g/mol. The van der Waals surface area contributed by atoms with E-state index in [1.54, 1.807) is 11.8 Å². The summed E-state index contributed by atoms with van der Waals surface area (Å²) in [5.41, 5.74) is 5.20. The number of benzene rings is 1. The van der Waals surface area contributed by atoms with Crippen molar-refractivity contribution in [1.82, 2.24) is 14.9 Å². The first-order chi connectivity index (χ1) is 24.5. The molecule has 3 unspecified atom stereocenters. The Hall–Kier alpha value is -3.29. The molecule has 2 N–H and O–H groups in total. The van der Waals surface area contributed by atoms with Crippen molar-refractivity contribution in [3.8, 4) is 22.6 Å². The first-order valence-corrected chi connectivity index (χ1v) is 19.6. The van der Waals surface area contributed by atoms with Gasteiger partial charge in [-0.15, -0.1) is 11.8 Å². The van der Waals surface area contributed by atoms with Crippen LogP contribution in [0, 0.1) is 19.8 Å². The van der Waals surface area contributed by atoms with Crippen molar-refractivity contribution < 1.29 is 23.7 Å². The van der Waals surface area contributed by atoms with Crippen molar-refractivity contribution in [2.45, 2.75) is 102 Å². The largest absolute Gasteiger partial charge is 0.448 e. The maximum Gasteiger partial charge on any atom is 0.254 e. The molecule has 1 saturated carbocycles. The van der Waals surface area contributed by atoms with E-state index in [4.69, 9.17) is 28.7 Å². The first-order valence-electron chi connectivity index (χ1n) is 18.4. The maximum atomic E-state index is 13.0. The Bertz CT molecular complexity index is 1750. The summed E-state index contributed by atoms with van der Waals surface area (Å²) in [7, 11) is 2.17. The van der Waals surface area contributed by atoms with Crippen LogP contribution in [0.3, 0.4) is 0 Å². The van der Waals surface area contributed by atoms with Gasteiger partial charge >= 0.3 is 0 Å². The van der Waals surface area contributed by atoms with Crippen LogP contribution >= 0.6 is 11.8 Å². The summed E-state index contributed by atoms with van der Waals surface area (Å²) in [5, 5.41) is 3.59. The number of thioether (sulfide) groups is 1. The average molecular weight is 720 g/mol. The molecule has 276 valence electrons. The minimum absolute atomic E-state index is 0.0749. The van der Waals surface area contributed by atoms with Crippen LogP contribution < -0.4 is 25.2 Å². The molecule has 7 rings (SSSR count). The van der Waals surface area contributed by atoms with Crippen molar-refractivity contribution in [2.24, 2.45) is 5.92 Å². The highest BCUT2D eigenvalue weighted by atomic mass is 32.2. The number of pyridine rings is 2. The van der Waals surface area contributed by atoms with Crippen LogP contribution in [0.2, 0.25) is 0 Å². The van der Waals surface area contributed by atoms with E-state index in [0.29, 0.717) is 31.4 Å². The molecule has 2 aromatic heterocycles. The highest BCUT2D eigenvalue weighted by molar-refractivity contribution is 7.98. The van der Waals surface area contributed by atoms with E-state index in [9.17, 15) is 4.79 Å². The number of hydrogen-bond acceptors (Lipinski definition) is 11. The van der Waals surface area contributed by atoms with Gasteiger partial charge in [-0.2, -0.15) is 0 Å². The lowest BCUT2D eigenvalue weighted by Crippen LogP contribution is -2.47.